The quantitative estimate of drug-likeness (QED) is 0.490. The largest absolute Gasteiger partial charge is 0.341 e. The lowest BCUT2D eigenvalue weighted by atomic mass is 10.1. The first-order valence-electron chi connectivity index (χ1n) is 8.58. The van der Waals surface area contributed by atoms with Crippen molar-refractivity contribution in [2.45, 2.75) is 6.42 Å². The zero-order chi connectivity index (χ0) is 18.1. The van der Waals surface area contributed by atoms with E-state index in [0.29, 0.717) is 0 Å². The molecule has 0 N–H and O–H groups in total. The Morgan fingerprint density at radius 2 is 1.31 bits per heavy atom. The van der Waals surface area contributed by atoms with E-state index >= 15 is 0 Å². The van der Waals surface area contributed by atoms with Gasteiger partial charge >= 0.3 is 0 Å². The molecule has 0 aliphatic carbocycles. The van der Waals surface area contributed by atoms with E-state index in [4.69, 9.17) is 0 Å². The van der Waals surface area contributed by atoms with E-state index in [1.807, 2.05) is 12.1 Å². The molecule has 26 heavy (non-hydrogen) atoms. The fraction of sp³-hybridized carbons (Fsp3) is 0.143. The van der Waals surface area contributed by atoms with E-state index in [1.54, 1.807) is 12.1 Å². The molecule has 4 rings (SSSR count). The average molecular weight is 345 g/mol. The molecule has 3 aromatic rings. The average Bonchev–Trinajstić information content (AvgIpc) is 2.68. The molecule has 5 nitrogen and oxygen atoms in total. The zero-order valence-corrected chi connectivity index (χ0v) is 14.5. The topological polar surface area (TPSA) is 49.6 Å². The van der Waals surface area contributed by atoms with Gasteiger partial charge in [0.05, 0.1) is 27.7 Å². The number of nitrogens with zero attached hydrogens (tertiary/aromatic N) is 3. The number of nitro benzene ring substituents is 1. The summed E-state index contributed by atoms with van der Waals surface area (Å²) in [5.41, 5.74) is 5.92. The highest BCUT2D eigenvalue weighted by atomic mass is 16.6. The summed E-state index contributed by atoms with van der Waals surface area (Å²) in [6.07, 6.45) is 0.810. The standard InChI is InChI=1S/C21H19N3O2/c1-22-18-6-2-4-8-20(18)23(21-9-5-3-7-19(21)22)15-14-16-10-12-17(13-11-16)24(25)26/h2-13H,14-15H2,1H3. The molecule has 1 heterocycles. The molecular formula is C21H19N3O2. The van der Waals surface area contributed by atoms with Crippen LogP contribution in [0.5, 0.6) is 0 Å². The number of anilines is 4. The second kappa shape index (κ2) is 6.52. The fourth-order valence-corrected chi connectivity index (χ4v) is 3.48. The molecule has 0 saturated heterocycles. The van der Waals surface area contributed by atoms with Crippen LogP contribution in [-0.2, 0) is 6.42 Å². The van der Waals surface area contributed by atoms with Crippen molar-refractivity contribution < 1.29 is 4.92 Å². The van der Waals surface area contributed by atoms with Gasteiger partial charge in [-0.15, -0.1) is 0 Å². The van der Waals surface area contributed by atoms with Gasteiger partial charge in [-0.1, -0.05) is 36.4 Å². The van der Waals surface area contributed by atoms with Crippen LogP contribution in [0.1, 0.15) is 5.56 Å². The van der Waals surface area contributed by atoms with Crippen LogP contribution in [0, 0.1) is 10.1 Å². The number of hydrogen-bond donors (Lipinski definition) is 0. The van der Waals surface area contributed by atoms with E-state index in [1.165, 1.54) is 22.7 Å². The molecule has 0 aromatic heterocycles. The number of non-ortho nitro benzene ring substituents is 1. The van der Waals surface area contributed by atoms with E-state index in [9.17, 15) is 10.1 Å². The van der Waals surface area contributed by atoms with Crippen molar-refractivity contribution >= 4 is 28.4 Å². The van der Waals surface area contributed by atoms with Crippen molar-refractivity contribution in [3.8, 4) is 0 Å². The fourth-order valence-electron chi connectivity index (χ4n) is 3.48. The van der Waals surface area contributed by atoms with Gasteiger partial charge in [-0.25, -0.2) is 0 Å². The minimum absolute atomic E-state index is 0.129. The first kappa shape index (κ1) is 16.1. The molecule has 0 radical (unpaired) electrons. The Labute approximate surface area is 152 Å². The number of fused-ring (bicyclic) bond motifs is 2. The summed E-state index contributed by atoms with van der Waals surface area (Å²) >= 11 is 0. The third kappa shape index (κ3) is 2.77. The van der Waals surface area contributed by atoms with Crippen molar-refractivity contribution in [3.63, 3.8) is 0 Å². The molecule has 0 atom stereocenters. The minimum Gasteiger partial charge on any atom is -0.341 e. The number of para-hydroxylation sites is 4. The number of nitro groups is 1. The van der Waals surface area contributed by atoms with Gasteiger partial charge in [-0.05, 0) is 36.2 Å². The van der Waals surface area contributed by atoms with Gasteiger partial charge < -0.3 is 9.80 Å². The van der Waals surface area contributed by atoms with Crippen LogP contribution < -0.4 is 9.80 Å². The first-order valence-corrected chi connectivity index (χ1v) is 8.58. The maximum atomic E-state index is 10.8. The Morgan fingerprint density at radius 1 is 0.808 bits per heavy atom. The molecule has 0 amide bonds. The minimum atomic E-state index is -0.364. The van der Waals surface area contributed by atoms with Crippen LogP contribution in [0.2, 0.25) is 0 Å². The third-order valence-electron chi connectivity index (χ3n) is 4.84. The summed E-state index contributed by atoms with van der Waals surface area (Å²) in [7, 11) is 2.09. The van der Waals surface area contributed by atoms with Gasteiger partial charge in [0.15, 0.2) is 0 Å². The van der Waals surface area contributed by atoms with Crippen molar-refractivity contribution in [1.82, 2.24) is 0 Å². The monoisotopic (exact) mass is 345 g/mol. The highest BCUT2D eigenvalue weighted by Gasteiger charge is 2.25. The van der Waals surface area contributed by atoms with Gasteiger partial charge in [0.1, 0.15) is 0 Å². The molecule has 0 saturated carbocycles. The predicted molar refractivity (Wildman–Crippen MR) is 105 cm³/mol. The van der Waals surface area contributed by atoms with Crippen molar-refractivity contribution in [3.05, 3.63) is 88.5 Å². The van der Waals surface area contributed by atoms with E-state index in [2.05, 4.69) is 65.4 Å². The van der Waals surface area contributed by atoms with Crippen LogP contribution in [0.4, 0.5) is 28.4 Å². The number of rotatable bonds is 4. The van der Waals surface area contributed by atoms with E-state index in [0.717, 1.165) is 18.5 Å². The molecule has 1 aliphatic heterocycles. The second-order valence-corrected chi connectivity index (χ2v) is 6.36. The predicted octanol–water partition coefficient (Wildman–Crippen LogP) is 5.06. The maximum Gasteiger partial charge on any atom is 0.269 e. The summed E-state index contributed by atoms with van der Waals surface area (Å²) in [6, 6.07) is 23.6. The van der Waals surface area contributed by atoms with E-state index in [-0.39, 0.29) is 10.6 Å². The van der Waals surface area contributed by atoms with Gasteiger partial charge in [0, 0.05) is 25.7 Å². The third-order valence-corrected chi connectivity index (χ3v) is 4.84. The Morgan fingerprint density at radius 3 is 1.81 bits per heavy atom. The molecule has 0 bridgehead atoms. The lowest BCUT2D eigenvalue weighted by Gasteiger charge is -2.38. The molecule has 1 aliphatic rings. The summed E-state index contributed by atoms with van der Waals surface area (Å²) in [6.45, 7) is 0.805. The van der Waals surface area contributed by atoms with E-state index < -0.39 is 0 Å². The van der Waals surface area contributed by atoms with Crippen molar-refractivity contribution in [2.24, 2.45) is 0 Å². The van der Waals surface area contributed by atoms with Gasteiger partial charge in [-0.3, -0.25) is 10.1 Å². The van der Waals surface area contributed by atoms with Gasteiger partial charge in [-0.2, -0.15) is 0 Å². The summed E-state index contributed by atoms with van der Waals surface area (Å²) in [5, 5.41) is 10.8. The second-order valence-electron chi connectivity index (χ2n) is 6.36. The Kier molecular flexibility index (Phi) is 4.05. The Hall–Kier alpha value is -3.34. The molecule has 3 aromatic carbocycles. The number of benzene rings is 3. The van der Waals surface area contributed by atoms with Crippen molar-refractivity contribution in [1.29, 1.82) is 0 Å². The summed E-state index contributed by atoms with van der Waals surface area (Å²) in [5.74, 6) is 0. The van der Waals surface area contributed by atoms with Crippen LogP contribution in [0.3, 0.4) is 0 Å². The zero-order valence-electron chi connectivity index (χ0n) is 14.5. The molecule has 0 fully saturated rings. The van der Waals surface area contributed by atoms with Crippen LogP contribution >= 0.6 is 0 Å². The van der Waals surface area contributed by atoms with Crippen LogP contribution in [-0.4, -0.2) is 18.5 Å². The maximum absolute atomic E-state index is 10.8. The highest BCUT2D eigenvalue weighted by molar-refractivity contribution is 5.92. The lowest BCUT2D eigenvalue weighted by molar-refractivity contribution is -0.384. The Bertz CT molecular complexity index is 906. The number of hydrogen-bond acceptors (Lipinski definition) is 4. The van der Waals surface area contributed by atoms with Crippen LogP contribution in [0.25, 0.3) is 0 Å². The lowest BCUT2D eigenvalue weighted by Crippen LogP contribution is -2.28. The summed E-state index contributed by atoms with van der Waals surface area (Å²) < 4.78 is 0. The normalized spacial score (nSPS) is 12.5. The Balaban J connectivity index is 1.64. The van der Waals surface area contributed by atoms with Gasteiger partial charge in [0.25, 0.3) is 5.69 Å². The molecular weight excluding hydrogens is 326 g/mol. The SMILES string of the molecule is CN1c2ccccc2N(CCc2ccc([N+](=O)[O-])cc2)c2ccccc21. The van der Waals surface area contributed by atoms with Gasteiger partial charge in [0.2, 0.25) is 0 Å². The van der Waals surface area contributed by atoms with Crippen LogP contribution in [0.15, 0.2) is 72.8 Å². The smallest absolute Gasteiger partial charge is 0.269 e. The molecule has 130 valence electrons. The summed E-state index contributed by atoms with van der Waals surface area (Å²) in [4.78, 5) is 15.0. The molecule has 5 heteroatoms. The highest BCUT2D eigenvalue weighted by Crippen LogP contribution is 2.46. The first-order chi connectivity index (χ1) is 12.6. The molecule has 0 spiro atoms. The molecule has 0 unspecified atom stereocenters. The van der Waals surface area contributed by atoms with Crippen molar-refractivity contribution in [2.75, 3.05) is 23.4 Å².